The number of hydrogen-bond donors (Lipinski definition) is 1. The highest BCUT2D eigenvalue weighted by Crippen LogP contribution is 2.33. The summed E-state index contributed by atoms with van der Waals surface area (Å²) in [7, 11) is 0. The molecule has 6 nitrogen and oxygen atoms in total. The quantitative estimate of drug-likeness (QED) is 0.920. The lowest BCUT2D eigenvalue weighted by Crippen LogP contribution is -2.41. The summed E-state index contributed by atoms with van der Waals surface area (Å²) in [5, 5.41) is 9.11. The van der Waals surface area contributed by atoms with Crippen molar-refractivity contribution in [2.24, 2.45) is 0 Å². The van der Waals surface area contributed by atoms with Gasteiger partial charge in [0.05, 0.1) is 5.69 Å². The molecule has 0 spiro atoms. The minimum absolute atomic E-state index is 0.0806. The number of rotatable bonds is 3. The van der Waals surface area contributed by atoms with Gasteiger partial charge in [-0.1, -0.05) is 0 Å². The van der Waals surface area contributed by atoms with Crippen LogP contribution >= 0.6 is 0 Å². The molecule has 0 saturated heterocycles. The van der Waals surface area contributed by atoms with Gasteiger partial charge in [-0.15, -0.1) is 0 Å². The van der Waals surface area contributed by atoms with E-state index in [0.717, 1.165) is 35.7 Å². The van der Waals surface area contributed by atoms with E-state index >= 15 is 0 Å². The van der Waals surface area contributed by atoms with E-state index in [1.54, 1.807) is 0 Å². The van der Waals surface area contributed by atoms with Crippen molar-refractivity contribution in [2.75, 3.05) is 0 Å². The molecule has 108 valence electrons. The molecule has 0 radical (unpaired) electrons. The van der Waals surface area contributed by atoms with Crippen LogP contribution in [0.2, 0.25) is 0 Å². The van der Waals surface area contributed by atoms with Gasteiger partial charge >= 0.3 is 11.7 Å². The summed E-state index contributed by atoms with van der Waals surface area (Å²) in [4.78, 5) is 35.7. The monoisotopic (exact) mass is 290 g/mol. The van der Waals surface area contributed by atoms with Crippen molar-refractivity contribution < 1.29 is 14.3 Å². The highest BCUT2D eigenvalue weighted by molar-refractivity contribution is 5.86. The standard InChI is InChI=1S/C14H11FN2O4/c15-8-1-3-10(4-2-8)17-12(18)11(13(19)20)7-16(14(17)21)9-5-6-9/h1-4,7,9H,5-6H2,(H,19,20). The Kier molecular flexibility index (Phi) is 2.97. The summed E-state index contributed by atoms with van der Waals surface area (Å²) in [6.45, 7) is 0. The fourth-order valence-corrected chi connectivity index (χ4v) is 2.15. The third kappa shape index (κ3) is 2.26. The number of carboxylic acids is 1. The van der Waals surface area contributed by atoms with Crippen LogP contribution < -0.4 is 11.2 Å². The molecule has 1 fully saturated rings. The van der Waals surface area contributed by atoms with E-state index in [9.17, 15) is 18.8 Å². The topological polar surface area (TPSA) is 81.3 Å². The molecule has 21 heavy (non-hydrogen) atoms. The summed E-state index contributed by atoms with van der Waals surface area (Å²) in [6.07, 6.45) is 2.62. The molecule has 0 unspecified atom stereocenters. The average Bonchev–Trinajstić information content (AvgIpc) is 3.25. The molecule has 2 aromatic rings. The lowest BCUT2D eigenvalue weighted by molar-refractivity contribution is 0.0693. The second-order valence-electron chi connectivity index (χ2n) is 4.89. The zero-order valence-electron chi connectivity index (χ0n) is 10.8. The number of aromatic carboxylic acids is 1. The zero-order valence-corrected chi connectivity index (χ0v) is 10.8. The number of hydrogen-bond acceptors (Lipinski definition) is 3. The van der Waals surface area contributed by atoms with Crippen LogP contribution in [0.5, 0.6) is 0 Å². The number of benzene rings is 1. The maximum Gasteiger partial charge on any atom is 0.342 e. The van der Waals surface area contributed by atoms with Gasteiger partial charge in [0.2, 0.25) is 0 Å². The normalized spacial score (nSPS) is 14.1. The summed E-state index contributed by atoms with van der Waals surface area (Å²) >= 11 is 0. The Bertz CT molecular complexity index is 832. The molecule has 0 amide bonds. The van der Waals surface area contributed by atoms with Crippen LogP contribution in [-0.4, -0.2) is 20.2 Å². The van der Waals surface area contributed by atoms with Crippen molar-refractivity contribution in [2.45, 2.75) is 18.9 Å². The maximum absolute atomic E-state index is 13.0. The van der Waals surface area contributed by atoms with Crippen LogP contribution in [0.15, 0.2) is 40.1 Å². The molecule has 0 bridgehead atoms. The first-order valence-electron chi connectivity index (χ1n) is 6.36. The second-order valence-corrected chi connectivity index (χ2v) is 4.89. The van der Waals surface area contributed by atoms with E-state index in [0.29, 0.717) is 0 Å². The fourth-order valence-electron chi connectivity index (χ4n) is 2.15. The Hall–Kier alpha value is -2.70. The lowest BCUT2D eigenvalue weighted by Gasteiger charge is -2.11. The highest BCUT2D eigenvalue weighted by Gasteiger charge is 2.28. The minimum atomic E-state index is -1.40. The van der Waals surface area contributed by atoms with Gasteiger partial charge in [0.15, 0.2) is 0 Å². The Morgan fingerprint density at radius 3 is 2.33 bits per heavy atom. The van der Waals surface area contributed by atoms with Gasteiger partial charge in [-0.25, -0.2) is 18.5 Å². The van der Waals surface area contributed by atoms with Crippen molar-refractivity contribution in [3.05, 3.63) is 62.7 Å². The molecule has 3 rings (SSSR count). The summed E-state index contributed by atoms with van der Waals surface area (Å²) in [5.74, 6) is -1.91. The predicted molar refractivity (Wildman–Crippen MR) is 71.5 cm³/mol. The molecule has 1 saturated carbocycles. The number of aromatic nitrogens is 2. The molecular formula is C14H11FN2O4. The first-order valence-corrected chi connectivity index (χ1v) is 6.36. The van der Waals surface area contributed by atoms with Gasteiger partial charge in [-0.2, -0.15) is 0 Å². The van der Waals surface area contributed by atoms with Crippen LogP contribution in [0.1, 0.15) is 29.2 Å². The molecule has 1 heterocycles. The van der Waals surface area contributed by atoms with Gasteiger partial charge in [0, 0.05) is 12.2 Å². The molecule has 1 N–H and O–H groups in total. The van der Waals surface area contributed by atoms with E-state index in [-0.39, 0.29) is 11.7 Å². The molecule has 1 aliphatic rings. The van der Waals surface area contributed by atoms with Crippen molar-refractivity contribution in [1.82, 2.24) is 9.13 Å². The Labute approximate surface area is 117 Å². The van der Waals surface area contributed by atoms with Crippen molar-refractivity contribution in [3.8, 4) is 5.69 Å². The molecule has 7 heteroatoms. The van der Waals surface area contributed by atoms with Gasteiger partial charge in [0.1, 0.15) is 11.4 Å². The van der Waals surface area contributed by atoms with Gasteiger partial charge in [-0.3, -0.25) is 9.36 Å². The van der Waals surface area contributed by atoms with Crippen LogP contribution in [0.25, 0.3) is 5.69 Å². The van der Waals surface area contributed by atoms with E-state index in [4.69, 9.17) is 5.11 Å². The number of nitrogens with zero attached hydrogens (tertiary/aromatic N) is 2. The lowest BCUT2D eigenvalue weighted by atomic mass is 10.3. The summed E-state index contributed by atoms with van der Waals surface area (Å²) < 4.78 is 15.0. The molecule has 1 aliphatic carbocycles. The fraction of sp³-hybridized carbons (Fsp3) is 0.214. The number of carboxylic acid groups (broad SMARTS) is 1. The highest BCUT2D eigenvalue weighted by atomic mass is 19.1. The van der Waals surface area contributed by atoms with Gasteiger partial charge < -0.3 is 5.11 Å². The van der Waals surface area contributed by atoms with E-state index in [1.807, 2.05) is 0 Å². The van der Waals surface area contributed by atoms with Crippen LogP contribution in [0.3, 0.4) is 0 Å². The van der Waals surface area contributed by atoms with Gasteiger partial charge in [-0.05, 0) is 37.1 Å². The van der Waals surface area contributed by atoms with E-state index in [2.05, 4.69) is 0 Å². The largest absolute Gasteiger partial charge is 0.477 e. The molecular weight excluding hydrogens is 279 g/mol. The second kappa shape index (κ2) is 4.69. The third-order valence-electron chi connectivity index (χ3n) is 3.37. The average molecular weight is 290 g/mol. The minimum Gasteiger partial charge on any atom is -0.477 e. The smallest absolute Gasteiger partial charge is 0.342 e. The van der Waals surface area contributed by atoms with Gasteiger partial charge in [0.25, 0.3) is 5.56 Å². The van der Waals surface area contributed by atoms with Crippen LogP contribution in [0, 0.1) is 5.82 Å². The number of carbonyl (C=O) groups is 1. The van der Waals surface area contributed by atoms with Crippen molar-refractivity contribution in [1.29, 1.82) is 0 Å². The molecule has 0 atom stereocenters. The summed E-state index contributed by atoms with van der Waals surface area (Å²) in [6, 6.07) is 4.66. The number of halogens is 1. The third-order valence-corrected chi connectivity index (χ3v) is 3.37. The Morgan fingerprint density at radius 1 is 1.19 bits per heavy atom. The maximum atomic E-state index is 13.0. The predicted octanol–water partition coefficient (Wildman–Crippen LogP) is 1.17. The first-order chi connectivity index (χ1) is 9.99. The van der Waals surface area contributed by atoms with Crippen molar-refractivity contribution >= 4 is 5.97 Å². The molecule has 1 aromatic carbocycles. The Morgan fingerprint density at radius 2 is 1.81 bits per heavy atom. The summed E-state index contributed by atoms with van der Waals surface area (Å²) in [5.41, 5.74) is -1.87. The SMILES string of the molecule is O=C(O)c1cn(C2CC2)c(=O)n(-c2ccc(F)cc2)c1=O. The van der Waals surface area contributed by atoms with Crippen LogP contribution in [0.4, 0.5) is 4.39 Å². The zero-order chi connectivity index (χ0) is 15.1. The van der Waals surface area contributed by atoms with Crippen LogP contribution in [-0.2, 0) is 0 Å². The van der Waals surface area contributed by atoms with Crippen molar-refractivity contribution in [3.63, 3.8) is 0 Å². The van der Waals surface area contributed by atoms with E-state index in [1.165, 1.54) is 16.7 Å². The molecule has 1 aromatic heterocycles. The first kappa shape index (κ1) is 13.3. The van der Waals surface area contributed by atoms with E-state index < -0.39 is 28.6 Å². The Balaban J connectivity index is 2.32. The molecule has 0 aliphatic heterocycles.